The van der Waals surface area contributed by atoms with E-state index in [2.05, 4.69) is 15.2 Å². The molecule has 154 valence electrons. The fourth-order valence-corrected chi connectivity index (χ4v) is 3.98. The van der Waals surface area contributed by atoms with Gasteiger partial charge in [0.1, 0.15) is 5.75 Å². The monoisotopic (exact) mass is 401 g/mol. The van der Waals surface area contributed by atoms with Crippen molar-refractivity contribution in [3.05, 3.63) is 78.6 Å². The number of nitrogens with zero attached hydrogens (tertiary/aromatic N) is 2. The molecule has 4 rings (SSSR count). The third-order valence-electron chi connectivity index (χ3n) is 5.57. The van der Waals surface area contributed by atoms with Crippen molar-refractivity contribution < 1.29 is 9.53 Å². The molecular formula is C25H27N3O2. The Morgan fingerprint density at radius 2 is 1.90 bits per heavy atom. The molecule has 1 N–H and O–H groups in total. The number of anilines is 1. The minimum Gasteiger partial charge on any atom is -0.497 e. The standard InChI is InChI=1S/C25H27N3O2/c1-30-22-13-11-19(12-14-22)23-9-2-3-10-24(23)27-25(29)20-7-6-16-28(17-20)18-21-8-4-5-15-26-21/h2-5,8-15,20H,6-7,16-18H2,1H3,(H,27,29). The van der Waals surface area contributed by atoms with Crippen molar-refractivity contribution in [2.45, 2.75) is 19.4 Å². The molecule has 1 aromatic heterocycles. The lowest BCUT2D eigenvalue weighted by atomic mass is 9.96. The molecule has 2 heterocycles. The molecule has 1 amide bonds. The van der Waals surface area contributed by atoms with E-state index in [4.69, 9.17) is 4.74 Å². The lowest BCUT2D eigenvalue weighted by Crippen LogP contribution is -2.40. The molecule has 0 saturated carbocycles. The van der Waals surface area contributed by atoms with E-state index in [9.17, 15) is 4.79 Å². The minimum atomic E-state index is -0.0219. The normalized spacial score (nSPS) is 16.8. The van der Waals surface area contributed by atoms with Crippen molar-refractivity contribution in [3.63, 3.8) is 0 Å². The van der Waals surface area contributed by atoms with Gasteiger partial charge in [0.25, 0.3) is 0 Å². The summed E-state index contributed by atoms with van der Waals surface area (Å²) in [7, 11) is 1.66. The van der Waals surface area contributed by atoms with Crippen LogP contribution in [0, 0.1) is 5.92 Å². The molecule has 5 heteroatoms. The number of methoxy groups -OCH3 is 1. The van der Waals surface area contributed by atoms with Gasteiger partial charge in [-0.3, -0.25) is 14.7 Å². The summed E-state index contributed by atoms with van der Waals surface area (Å²) in [6.07, 6.45) is 3.75. The Morgan fingerprint density at radius 1 is 1.10 bits per heavy atom. The first-order chi connectivity index (χ1) is 14.7. The molecule has 1 aliphatic rings. The third kappa shape index (κ3) is 4.86. The lowest BCUT2D eigenvalue weighted by molar-refractivity contribution is -0.121. The maximum atomic E-state index is 13.1. The number of carbonyl (C=O) groups is 1. The van der Waals surface area contributed by atoms with E-state index in [0.717, 1.165) is 60.7 Å². The van der Waals surface area contributed by atoms with Gasteiger partial charge in [-0.15, -0.1) is 0 Å². The van der Waals surface area contributed by atoms with Crippen LogP contribution in [0.15, 0.2) is 72.9 Å². The van der Waals surface area contributed by atoms with Gasteiger partial charge in [-0.25, -0.2) is 0 Å². The number of para-hydroxylation sites is 1. The van der Waals surface area contributed by atoms with Crippen LogP contribution in [0.2, 0.25) is 0 Å². The number of hydrogen-bond donors (Lipinski definition) is 1. The number of pyridine rings is 1. The summed E-state index contributed by atoms with van der Waals surface area (Å²) in [4.78, 5) is 19.8. The Bertz CT molecular complexity index is 973. The predicted molar refractivity (Wildman–Crippen MR) is 119 cm³/mol. The molecule has 1 fully saturated rings. The second-order valence-electron chi connectivity index (χ2n) is 7.66. The predicted octanol–water partition coefficient (Wildman–Crippen LogP) is 4.61. The Labute approximate surface area is 177 Å². The summed E-state index contributed by atoms with van der Waals surface area (Å²) in [6.45, 7) is 2.54. The average molecular weight is 402 g/mol. The van der Waals surface area contributed by atoms with E-state index in [1.54, 1.807) is 7.11 Å². The second kappa shape index (κ2) is 9.55. The highest BCUT2D eigenvalue weighted by atomic mass is 16.5. The van der Waals surface area contributed by atoms with Crippen molar-refractivity contribution in [2.75, 3.05) is 25.5 Å². The van der Waals surface area contributed by atoms with Crippen LogP contribution in [0.25, 0.3) is 11.1 Å². The topological polar surface area (TPSA) is 54.5 Å². The van der Waals surface area contributed by atoms with Crippen molar-refractivity contribution >= 4 is 11.6 Å². The van der Waals surface area contributed by atoms with Gasteiger partial charge in [0.15, 0.2) is 0 Å². The number of nitrogens with one attached hydrogen (secondary N) is 1. The van der Waals surface area contributed by atoms with Gasteiger partial charge in [-0.2, -0.15) is 0 Å². The van der Waals surface area contributed by atoms with Gasteiger partial charge in [-0.05, 0) is 55.3 Å². The maximum absolute atomic E-state index is 13.1. The molecule has 5 nitrogen and oxygen atoms in total. The third-order valence-corrected chi connectivity index (χ3v) is 5.57. The molecule has 0 aliphatic carbocycles. The number of likely N-dealkylation sites (tertiary alicyclic amines) is 1. The summed E-state index contributed by atoms with van der Waals surface area (Å²) in [6, 6.07) is 21.8. The molecule has 1 aliphatic heterocycles. The fourth-order valence-electron chi connectivity index (χ4n) is 3.98. The number of hydrogen-bond acceptors (Lipinski definition) is 4. The van der Waals surface area contributed by atoms with Crippen LogP contribution < -0.4 is 10.1 Å². The van der Waals surface area contributed by atoms with Gasteiger partial charge < -0.3 is 10.1 Å². The second-order valence-corrected chi connectivity index (χ2v) is 7.66. The van der Waals surface area contributed by atoms with Crippen LogP contribution in [-0.2, 0) is 11.3 Å². The molecule has 3 aromatic rings. The van der Waals surface area contributed by atoms with Crippen molar-refractivity contribution in [1.82, 2.24) is 9.88 Å². The van der Waals surface area contributed by atoms with Crippen molar-refractivity contribution in [3.8, 4) is 16.9 Å². The molecule has 2 aromatic carbocycles. The Balaban J connectivity index is 1.44. The van der Waals surface area contributed by atoms with E-state index < -0.39 is 0 Å². The Morgan fingerprint density at radius 3 is 2.67 bits per heavy atom. The minimum absolute atomic E-state index is 0.0219. The quantitative estimate of drug-likeness (QED) is 0.655. The first-order valence-corrected chi connectivity index (χ1v) is 10.4. The smallest absolute Gasteiger partial charge is 0.228 e. The van der Waals surface area contributed by atoms with E-state index in [1.807, 2.05) is 72.9 Å². The number of piperidine rings is 1. The molecule has 0 spiro atoms. The highest BCUT2D eigenvalue weighted by molar-refractivity contribution is 5.97. The SMILES string of the molecule is COc1ccc(-c2ccccc2NC(=O)C2CCCN(Cc3ccccn3)C2)cc1. The molecule has 1 atom stereocenters. The van der Waals surface area contributed by atoms with E-state index in [0.29, 0.717) is 0 Å². The highest BCUT2D eigenvalue weighted by Gasteiger charge is 2.26. The van der Waals surface area contributed by atoms with Crippen molar-refractivity contribution in [1.29, 1.82) is 0 Å². The molecule has 0 bridgehead atoms. The van der Waals surface area contributed by atoms with Crippen LogP contribution in [0.1, 0.15) is 18.5 Å². The van der Waals surface area contributed by atoms with E-state index in [-0.39, 0.29) is 11.8 Å². The summed E-state index contributed by atoms with van der Waals surface area (Å²) < 4.78 is 5.25. The van der Waals surface area contributed by atoms with Crippen LogP contribution in [0.4, 0.5) is 5.69 Å². The van der Waals surface area contributed by atoms with Crippen LogP contribution in [0.3, 0.4) is 0 Å². The summed E-state index contributed by atoms with van der Waals surface area (Å²) in [5.41, 5.74) is 3.94. The molecule has 1 unspecified atom stereocenters. The summed E-state index contributed by atoms with van der Waals surface area (Å²) >= 11 is 0. The van der Waals surface area contributed by atoms with Gasteiger partial charge in [0.2, 0.25) is 5.91 Å². The molecule has 1 saturated heterocycles. The lowest BCUT2D eigenvalue weighted by Gasteiger charge is -2.31. The Hall–Kier alpha value is -3.18. The van der Waals surface area contributed by atoms with Crippen LogP contribution >= 0.6 is 0 Å². The number of ether oxygens (including phenoxy) is 1. The molecule has 30 heavy (non-hydrogen) atoms. The largest absolute Gasteiger partial charge is 0.497 e. The number of rotatable bonds is 6. The summed E-state index contributed by atoms with van der Waals surface area (Å²) in [5, 5.41) is 3.18. The zero-order chi connectivity index (χ0) is 20.8. The first kappa shape index (κ1) is 20.1. The number of aromatic nitrogens is 1. The maximum Gasteiger partial charge on any atom is 0.228 e. The van der Waals surface area contributed by atoms with Crippen LogP contribution in [-0.4, -0.2) is 36.0 Å². The number of benzene rings is 2. The van der Waals surface area contributed by atoms with Gasteiger partial charge >= 0.3 is 0 Å². The summed E-state index contributed by atoms with van der Waals surface area (Å²) in [5.74, 6) is 0.878. The zero-order valence-electron chi connectivity index (χ0n) is 17.3. The number of carbonyl (C=O) groups excluding carboxylic acids is 1. The first-order valence-electron chi connectivity index (χ1n) is 10.4. The van der Waals surface area contributed by atoms with E-state index >= 15 is 0 Å². The Kier molecular flexibility index (Phi) is 6.40. The van der Waals surface area contributed by atoms with E-state index in [1.165, 1.54) is 0 Å². The van der Waals surface area contributed by atoms with Crippen LogP contribution in [0.5, 0.6) is 5.75 Å². The molecule has 0 radical (unpaired) electrons. The van der Waals surface area contributed by atoms with Gasteiger partial charge in [0, 0.05) is 30.5 Å². The van der Waals surface area contributed by atoms with Gasteiger partial charge in [-0.1, -0.05) is 36.4 Å². The molecular weight excluding hydrogens is 374 g/mol. The zero-order valence-corrected chi connectivity index (χ0v) is 17.3. The average Bonchev–Trinajstić information content (AvgIpc) is 2.80. The highest BCUT2D eigenvalue weighted by Crippen LogP contribution is 2.30. The number of amides is 1. The fraction of sp³-hybridized carbons (Fsp3) is 0.280. The van der Waals surface area contributed by atoms with Gasteiger partial charge in [0.05, 0.1) is 18.7 Å². The van der Waals surface area contributed by atoms with Crippen molar-refractivity contribution in [2.24, 2.45) is 5.92 Å².